The summed E-state index contributed by atoms with van der Waals surface area (Å²) in [6.45, 7) is 3.78. The highest BCUT2D eigenvalue weighted by atomic mass is 35.5. The minimum atomic E-state index is -1.26. The summed E-state index contributed by atoms with van der Waals surface area (Å²) in [5, 5.41) is 19.6. The quantitative estimate of drug-likeness (QED) is 0.663. The Balaban J connectivity index is 0.000000307. The predicted octanol–water partition coefficient (Wildman–Crippen LogP) is 1.56. The van der Waals surface area contributed by atoms with Crippen molar-refractivity contribution in [2.45, 2.75) is 12.7 Å². The van der Waals surface area contributed by atoms with E-state index in [1.165, 1.54) is 0 Å². The Morgan fingerprint density at radius 2 is 2.04 bits per heavy atom. The van der Waals surface area contributed by atoms with Crippen LogP contribution >= 0.6 is 11.6 Å². The van der Waals surface area contributed by atoms with Crippen LogP contribution in [0.25, 0.3) is 0 Å². The summed E-state index contributed by atoms with van der Waals surface area (Å²) in [6, 6.07) is 7.71. The average molecular weight is 358 g/mol. The number of ether oxygens (including phenoxy) is 2. The normalized spacial score (nSPS) is 17.1. The molecule has 1 aromatic rings. The molecule has 0 amide bonds. The summed E-state index contributed by atoms with van der Waals surface area (Å²) in [7, 11) is 0. The molecule has 0 spiro atoms. The first kappa shape index (κ1) is 20.1. The zero-order valence-electron chi connectivity index (χ0n) is 13.0. The van der Waals surface area contributed by atoms with Gasteiger partial charge in [-0.15, -0.1) is 0 Å². The second-order valence-electron chi connectivity index (χ2n) is 4.85. The van der Waals surface area contributed by atoms with Crippen molar-refractivity contribution >= 4 is 23.5 Å². The first-order valence-electron chi connectivity index (χ1n) is 7.26. The van der Waals surface area contributed by atoms with Crippen LogP contribution in [0.1, 0.15) is 5.56 Å². The third kappa shape index (κ3) is 9.96. The van der Waals surface area contributed by atoms with Crippen molar-refractivity contribution in [3.05, 3.63) is 47.0 Å². The molecule has 0 bridgehead atoms. The summed E-state index contributed by atoms with van der Waals surface area (Å²) in [4.78, 5) is 19.1. The lowest BCUT2D eigenvalue weighted by Crippen LogP contribution is -2.40. The summed E-state index contributed by atoms with van der Waals surface area (Å²) >= 11 is 5.88. The van der Waals surface area contributed by atoms with Crippen molar-refractivity contribution in [1.82, 2.24) is 5.32 Å². The Labute approximate surface area is 144 Å². The van der Waals surface area contributed by atoms with E-state index in [1.54, 1.807) is 0 Å². The molecule has 1 atom stereocenters. The van der Waals surface area contributed by atoms with Gasteiger partial charge in [-0.3, -0.25) is 0 Å². The van der Waals surface area contributed by atoms with Gasteiger partial charge in [-0.1, -0.05) is 23.7 Å². The van der Waals surface area contributed by atoms with Crippen LogP contribution in [0, 0.1) is 0 Å². The van der Waals surface area contributed by atoms with E-state index >= 15 is 0 Å². The van der Waals surface area contributed by atoms with E-state index in [4.69, 9.17) is 31.3 Å². The first-order valence-corrected chi connectivity index (χ1v) is 7.63. The van der Waals surface area contributed by atoms with Crippen molar-refractivity contribution in [1.29, 1.82) is 0 Å². The minimum Gasteiger partial charge on any atom is -0.478 e. The SMILES string of the molecule is Clc1cccc(COCC2CNCCO2)c1.O=C(O)/C=C\C(=O)O. The zero-order valence-corrected chi connectivity index (χ0v) is 13.7. The van der Waals surface area contributed by atoms with Crippen LogP contribution < -0.4 is 5.32 Å². The molecule has 132 valence electrons. The van der Waals surface area contributed by atoms with E-state index in [2.05, 4.69) is 5.32 Å². The van der Waals surface area contributed by atoms with E-state index in [0.29, 0.717) is 25.4 Å². The van der Waals surface area contributed by atoms with E-state index in [0.717, 1.165) is 30.3 Å². The van der Waals surface area contributed by atoms with Gasteiger partial charge in [-0.2, -0.15) is 0 Å². The number of benzene rings is 1. The number of halogens is 1. The van der Waals surface area contributed by atoms with E-state index < -0.39 is 11.9 Å². The highest BCUT2D eigenvalue weighted by Crippen LogP contribution is 2.11. The molecule has 0 aliphatic carbocycles. The highest BCUT2D eigenvalue weighted by molar-refractivity contribution is 6.30. The molecule has 0 aromatic heterocycles. The van der Waals surface area contributed by atoms with Gasteiger partial charge in [0, 0.05) is 30.3 Å². The van der Waals surface area contributed by atoms with Gasteiger partial charge >= 0.3 is 11.9 Å². The van der Waals surface area contributed by atoms with Crippen LogP contribution in [0.2, 0.25) is 5.02 Å². The standard InChI is InChI=1S/C12H16ClNO2.C4H4O4/c13-11-3-1-2-10(6-11)8-15-9-12-7-14-4-5-16-12;5-3(6)1-2-4(7)8/h1-3,6,12,14H,4-5,7-9H2;1-2H,(H,5,6)(H,7,8)/b;2-1-. The van der Waals surface area contributed by atoms with Crippen molar-refractivity contribution < 1.29 is 29.3 Å². The van der Waals surface area contributed by atoms with Crippen molar-refractivity contribution in [2.75, 3.05) is 26.3 Å². The molecule has 1 saturated heterocycles. The van der Waals surface area contributed by atoms with Crippen molar-refractivity contribution in [3.63, 3.8) is 0 Å². The molecule has 1 unspecified atom stereocenters. The fourth-order valence-corrected chi connectivity index (χ4v) is 2.02. The number of carbonyl (C=O) groups is 2. The summed E-state index contributed by atoms with van der Waals surface area (Å²) in [6.07, 6.45) is 1.29. The van der Waals surface area contributed by atoms with Gasteiger partial charge in [0.1, 0.15) is 0 Å². The first-order chi connectivity index (χ1) is 11.5. The number of carboxylic acid groups (broad SMARTS) is 2. The number of hydrogen-bond acceptors (Lipinski definition) is 5. The maximum Gasteiger partial charge on any atom is 0.328 e. The number of aliphatic carboxylic acids is 2. The van der Waals surface area contributed by atoms with Crippen LogP contribution in [0.5, 0.6) is 0 Å². The number of morpholine rings is 1. The van der Waals surface area contributed by atoms with Gasteiger partial charge in [0.2, 0.25) is 0 Å². The van der Waals surface area contributed by atoms with E-state index in [1.807, 2.05) is 24.3 Å². The lowest BCUT2D eigenvalue weighted by Gasteiger charge is -2.23. The summed E-state index contributed by atoms with van der Waals surface area (Å²) in [5.74, 6) is -2.51. The second kappa shape index (κ2) is 11.6. The molecule has 1 aliphatic heterocycles. The largest absolute Gasteiger partial charge is 0.478 e. The Kier molecular flexibility index (Phi) is 9.71. The fourth-order valence-electron chi connectivity index (χ4n) is 1.80. The number of carboxylic acids is 2. The lowest BCUT2D eigenvalue weighted by molar-refractivity contribution is -0.134. The summed E-state index contributed by atoms with van der Waals surface area (Å²) < 4.78 is 11.1. The van der Waals surface area contributed by atoms with Crippen LogP contribution in [-0.2, 0) is 25.7 Å². The maximum atomic E-state index is 9.55. The molecule has 3 N–H and O–H groups in total. The lowest BCUT2D eigenvalue weighted by atomic mass is 10.2. The Hall–Kier alpha value is -1.93. The average Bonchev–Trinajstić information content (AvgIpc) is 2.55. The number of nitrogens with one attached hydrogen (secondary N) is 1. The molecule has 1 aliphatic rings. The van der Waals surface area contributed by atoms with Crippen LogP contribution in [0.3, 0.4) is 0 Å². The van der Waals surface area contributed by atoms with Crippen LogP contribution in [0.15, 0.2) is 36.4 Å². The van der Waals surface area contributed by atoms with Gasteiger partial charge in [-0.05, 0) is 17.7 Å². The van der Waals surface area contributed by atoms with Gasteiger partial charge in [0.05, 0.1) is 25.9 Å². The van der Waals surface area contributed by atoms with E-state index in [9.17, 15) is 9.59 Å². The molecule has 1 aromatic carbocycles. The predicted molar refractivity (Wildman–Crippen MR) is 88.1 cm³/mol. The van der Waals surface area contributed by atoms with Crippen molar-refractivity contribution in [3.8, 4) is 0 Å². The summed E-state index contributed by atoms with van der Waals surface area (Å²) in [5.41, 5.74) is 1.09. The number of hydrogen-bond donors (Lipinski definition) is 3. The molecular formula is C16H20ClNO6. The molecular weight excluding hydrogens is 338 g/mol. The van der Waals surface area contributed by atoms with Gasteiger partial charge in [0.15, 0.2) is 0 Å². The second-order valence-corrected chi connectivity index (χ2v) is 5.29. The number of rotatable bonds is 6. The Morgan fingerprint density at radius 3 is 2.58 bits per heavy atom. The Morgan fingerprint density at radius 1 is 1.33 bits per heavy atom. The van der Waals surface area contributed by atoms with Gasteiger partial charge in [0.25, 0.3) is 0 Å². The van der Waals surface area contributed by atoms with Crippen LogP contribution in [-0.4, -0.2) is 54.6 Å². The third-order valence-corrected chi connectivity index (χ3v) is 3.07. The molecule has 1 fully saturated rings. The highest BCUT2D eigenvalue weighted by Gasteiger charge is 2.12. The molecule has 8 heteroatoms. The molecule has 24 heavy (non-hydrogen) atoms. The fraction of sp³-hybridized carbons (Fsp3) is 0.375. The minimum absolute atomic E-state index is 0.174. The van der Waals surface area contributed by atoms with Gasteiger partial charge < -0.3 is 25.0 Å². The molecule has 7 nitrogen and oxygen atoms in total. The monoisotopic (exact) mass is 357 g/mol. The molecule has 1 heterocycles. The zero-order chi connectivity index (χ0) is 17.8. The van der Waals surface area contributed by atoms with Gasteiger partial charge in [-0.25, -0.2) is 9.59 Å². The van der Waals surface area contributed by atoms with Crippen molar-refractivity contribution in [2.24, 2.45) is 0 Å². The molecule has 0 radical (unpaired) electrons. The van der Waals surface area contributed by atoms with E-state index in [-0.39, 0.29) is 6.10 Å². The third-order valence-electron chi connectivity index (χ3n) is 2.83. The molecule has 0 saturated carbocycles. The molecule has 2 rings (SSSR count). The Bertz CT molecular complexity index is 541. The topological polar surface area (TPSA) is 105 Å². The van der Waals surface area contributed by atoms with Crippen LogP contribution in [0.4, 0.5) is 0 Å². The maximum absolute atomic E-state index is 9.55. The smallest absolute Gasteiger partial charge is 0.328 e.